The molecule has 4 unspecified atom stereocenters. The van der Waals surface area contributed by atoms with Crippen LogP contribution in [0.2, 0.25) is 0 Å². The quantitative estimate of drug-likeness (QED) is 0.568. The fourth-order valence-electron chi connectivity index (χ4n) is 4.94. The van der Waals surface area contributed by atoms with Gasteiger partial charge in [-0.3, -0.25) is 0 Å². The molecule has 4 aliphatic carbocycles. The highest BCUT2D eigenvalue weighted by Gasteiger charge is 2.41. The molecule has 0 aromatic rings. The maximum Gasteiger partial charge on any atom is 0.119 e. The van der Waals surface area contributed by atoms with E-state index in [2.05, 4.69) is 60.8 Å². The van der Waals surface area contributed by atoms with Gasteiger partial charge in [0.2, 0.25) is 0 Å². The van der Waals surface area contributed by atoms with E-state index in [1.54, 1.807) is 5.57 Å². The van der Waals surface area contributed by atoms with Gasteiger partial charge < -0.3 is 4.74 Å². The van der Waals surface area contributed by atoms with Crippen molar-refractivity contribution in [3.8, 4) is 0 Å². The van der Waals surface area contributed by atoms with Gasteiger partial charge in [-0.2, -0.15) is 0 Å². The van der Waals surface area contributed by atoms with E-state index in [-0.39, 0.29) is 0 Å². The van der Waals surface area contributed by atoms with Crippen molar-refractivity contribution in [1.82, 2.24) is 0 Å². The second-order valence-electron chi connectivity index (χ2n) is 7.85. The summed E-state index contributed by atoms with van der Waals surface area (Å²) in [6.07, 6.45) is 30.6. The van der Waals surface area contributed by atoms with Crippen molar-refractivity contribution in [2.45, 2.75) is 44.6 Å². The van der Waals surface area contributed by atoms with Gasteiger partial charge in [-0.15, -0.1) is 0 Å². The minimum Gasteiger partial charge on any atom is -0.489 e. The Hall–Kier alpha value is -2.02. The number of ether oxygens (including phenoxy) is 1. The Morgan fingerprint density at radius 2 is 1.88 bits per heavy atom. The molecule has 5 aliphatic rings. The minimum atomic E-state index is 0.353. The highest BCUT2D eigenvalue weighted by molar-refractivity contribution is 5.43. The first-order chi connectivity index (χ1) is 12.4. The van der Waals surface area contributed by atoms with E-state index in [0.717, 1.165) is 25.7 Å². The molecule has 0 radical (unpaired) electrons. The molecule has 1 aliphatic heterocycles. The predicted octanol–water partition coefficient (Wildman–Crippen LogP) is 5.96. The lowest BCUT2D eigenvalue weighted by atomic mass is 9.76. The van der Waals surface area contributed by atoms with Crippen molar-refractivity contribution in [1.29, 1.82) is 0 Å². The molecule has 1 heterocycles. The van der Waals surface area contributed by atoms with E-state index in [1.165, 1.54) is 29.7 Å². The number of hydrogen-bond acceptors (Lipinski definition) is 1. The van der Waals surface area contributed by atoms with Crippen LogP contribution in [0.5, 0.6) is 0 Å². The van der Waals surface area contributed by atoms with E-state index in [9.17, 15) is 0 Å². The molecule has 5 rings (SSSR count). The third-order valence-electron chi connectivity index (χ3n) is 6.33. The molecule has 1 nitrogen and oxygen atoms in total. The zero-order valence-corrected chi connectivity index (χ0v) is 14.7. The molecule has 1 saturated heterocycles. The maximum atomic E-state index is 6.47. The van der Waals surface area contributed by atoms with Crippen LogP contribution in [0.1, 0.15) is 38.5 Å². The van der Waals surface area contributed by atoms with Crippen LogP contribution in [-0.2, 0) is 4.74 Å². The Morgan fingerprint density at radius 3 is 2.72 bits per heavy atom. The normalized spacial score (nSPS) is 35.8. The maximum absolute atomic E-state index is 6.47. The minimum absolute atomic E-state index is 0.353. The molecular formula is C24H26O. The van der Waals surface area contributed by atoms with Crippen molar-refractivity contribution < 1.29 is 4.74 Å². The van der Waals surface area contributed by atoms with E-state index in [0.29, 0.717) is 23.9 Å². The molecule has 1 fully saturated rings. The van der Waals surface area contributed by atoms with Crippen LogP contribution in [0, 0.1) is 17.8 Å². The second-order valence-corrected chi connectivity index (χ2v) is 7.85. The van der Waals surface area contributed by atoms with Crippen molar-refractivity contribution in [3.05, 3.63) is 83.2 Å². The molecule has 0 aromatic carbocycles. The molecule has 0 bridgehead atoms. The summed E-state index contributed by atoms with van der Waals surface area (Å²) in [6, 6.07) is 0. The van der Waals surface area contributed by atoms with Crippen molar-refractivity contribution in [3.63, 3.8) is 0 Å². The van der Waals surface area contributed by atoms with E-state index in [4.69, 9.17) is 4.74 Å². The lowest BCUT2D eigenvalue weighted by molar-refractivity contribution is 0.123. The fourth-order valence-corrected chi connectivity index (χ4v) is 4.94. The van der Waals surface area contributed by atoms with Crippen LogP contribution in [0.15, 0.2) is 83.2 Å². The number of allylic oxidation sites excluding steroid dienone is 12. The predicted molar refractivity (Wildman–Crippen MR) is 103 cm³/mol. The summed E-state index contributed by atoms with van der Waals surface area (Å²) in [4.78, 5) is 0. The molecule has 0 spiro atoms. The van der Waals surface area contributed by atoms with E-state index >= 15 is 0 Å². The van der Waals surface area contributed by atoms with Crippen molar-refractivity contribution >= 4 is 0 Å². The van der Waals surface area contributed by atoms with Gasteiger partial charge in [0.25, 0.3) is 0 Å². The summed E-state index contributed by atoms with van der Waals surface area (Å²) in [6.45, 7) is 0. The Morgan fingerprint density at radius 1 is 0.880 bits per heavy atom. The third kappa shape index (κ3) is 2.80. The summed E-state index contributed by atoms with van der Waals surface area (Å²) >= 11 is 0. The highest BCUT2D eigenvalue weighted by atomic mass is 16.5. The van der Waals surface area contributed by atoms with Crippen LogP contribution in [-0.4, -0.2) is 6.10 Å². The Bertz CT molecular complexity index is 768. The van der Waals surface area contributed by atoms with E-state index < -0.39 is 0 Å². The molecule has 4 atom stereocenters. The molecule has 1 heteroatoms. The van der Waals surface area contributed by atoms with Crippen LogP contribution in [0.3, 0.4) is 0 Å². The summed E-state index contributed by atoms with van der Waals surface area (Å²) in [5, 5.41) is 0. The average molecular weight is 330 g/mol. The van der Waals surface area contributed by atoms with E-state index in [1.807, 2.05) is 0 Å². The fraction of sp³-hybridized carbons (Fsp3) is 0.417. The van der Waals surface area contributed by atoms with Crippen LogP contribution in [0.4, 0.5) is 0 Å². The zero-order chi connectivity index (χ0) is 16.6. The summed E-state index contributed by atoms with van der Waals surface area (Å²) < 4.78 is 6.47. The average Bonchev–Trinajstić information content (AvgIpc) is 3.06. The molecule has 0 saturated carbocycles. The summed E-state index contributed by atoms with van der Waals surface area (Å²) in [5.41, 5.74) is 4.54. The van der Waals surface area contributed by atoms with Crippen molar-refractivity contribution in [2.75, 3.05) is 0 Å². The van der Waals surface area contributed by atoms with Crippen molar-refractivity contribution in [2.24, 2.45) is 17.8 Å². The largest absolute Gasteiger partial charge is 0.489 e. The van der Waals surface area contributed by atoms with Gasteiger partial charge in [-0.1, -0.05) is 60.3 Å². The van der Waals surface area contributed by atoms with Crippen LogP contribution >= 0.6 is 0 Å². The summed E-state index contributed by atoms with van der Waals surface area (Å²) in [7, 11) is 0. The molecule has 128 valence electrons. The molecule has 0 amide bonds. The van der Waals surface area contributed by atoms with Crippen LogP contribution < -0.4 is 0 Å². The molecule has 0 aromatic heterocycles. The Balaban J connectivity index is 1.33. The van der Waals surface area contributed by atoms with Crippen LogP contribution in [0.25, 0.3) is 0 Å². The topological polar surface area (TPSA) is 9.23 Å². The number of hydrogen-bond donors (Lipinski definition) is 0. The van der Waals surface area contributed by atoms with Gasteiger partial charge in [0.05, 0.1) is 0 Å². The van der Waals surface area contributed by atoms with Gasteiger partial charge in [0, 0.05) is 24.2 Å². The standard InChI is InChI=1S/C24H26O/c1-3-7-17(8-4-1)19-11-13-21-22-14-12-20(18-9-5-2-6-10-18)16-24(22)25-23(21)15-19/h1,3-5,7,9-11,14,16-17,20-21,23H,2,6,8,12-13,15H2. The van der Waals surface area contributed by atoms with Gasteiger partial charge in [-0.25, -0.2) is 0 Å². The molecule has 0 N–H and O–H groups in total. The first-order valence-corrected chi connectivity index (χ1v) is 9.86. The summed E-state index contributed by atoms with van der Waals surface area (Å²) in [5.74, 6) is 2.86. The van der Waals surface area contributed by atoms with Gasteiger partial charge in [0.1, 0.15) is 11.9 Å². The monoisotopic (exact) mass is 330 g/mol. The Kier molecular flexibility index (Phi) is 3.88. The smallest absolute Gasteiger partial charge is 0.119 e. The highest BCUT2D eigenvalue weighted by Crippen LogP contribution is 2.47. The first-order valence-electron chi connectivity index (χ1n) is 9.86. The lowest BCUT2D eigenvalue weighted by Crippen LogP contribution is -2.23. The number of fused-ring (bicyclic) bond motifs is 3. The second kappa shape index (κ2) is 6.37. The van der Waals surface area contributed by atoms with Gasteiger partial charge in [-0.05, 0) is 49.3 Å². The van der Waals surface area contributed by atoms with Gasteiger partial charge in [0.15, 0.2) is 0 Å². The van der Waals surface area contributed by atoms with Gasteiger partial charge >= 0.3 is 0 Å². The molecular weight excluding hydrogens is 304 g/mol. The zero-order valence-electron chi connectivity index (χ0n) is 14.7. The lowest BCUT2D eigenvalue weighted by Gasteiger charge is -2.28. The SMILES string of the molecule is C1=CCC(C2=CCC3C4=CCC(C5=CCCC=C5)C=C4OC3C2)C=C1. The first kappa shape index (κ1) is 15.3. The third-order valence-corrected chi connectivity index (χ3v) is 6.33. The molecule has 25 heavy (non-hydrogen) atoms. The Labute approximate surface area is 150 Å². The number of rotatable bonds is 2.